The maximum Gasteiger partial charge on any atom is 0.321 e. The number of nitrogens with zero attached hydrogens (tertiary/aromatic N) is 1. The Bertz CT molecular complexity index is 696. The van der Waals surface area contributed by atoms with Gasteiger partial charge in [0, 0.05) is 12.6 Å². The standard InChI is InChI=1S/C15H21FN2O5S/c1-15(2,3)17-13(19)10-23-14(20)9-18(4)24(21,22)12-7-5-11(16)6-8-12/h5-8H,9-10H2,1-4H3,(H,17,19). The molecule has 0 saturated carbocycles. The van der Waals surface area contributed by atoms with E-state index in [1.165, 1.54) is 7.05 Å². The van der Waals surface area contributed by atoms with Crippen LogP contribution in [0.5, 0.6) is 0 Å². The van der Waals surface area contributed by atoms with Gasteiger partial charge in [-0.25, -0.2) is 12.8 Å². The number of rotatable bonds is 6. The Labute approximate surface area is 140 Å². The van der Waals surface area contributed by atoms with Crippen molar-refractivity contribution in [2.45, 2.75) is 31.2 Å². The number of esters is 1. The minimum absolute atomic E-state index is 0.148. The van der Waals surface area contributed by atoms with Gasteiger partial charge in [-0.05, 0) is 45.0 Å². The molecule has 0 bridgehead atoms. The molecule has 0 aliphatic carbocycles. The highest BCUT2D eigenvalue weighted by Crippen LogP contribution is 2.14. The average Bonchev–Trinajstić information content (AvgIpc) is 2.43. The van der Waals surface area contributed by atoms with Crippen molar-refractivity contribution >= 4 is 21.9 Å². The molecule has 0 aliphatic heterocycles. The maximum atomic E-state index is 12.9. The van der Waals surface area contributed by atoms with Crippen LogP contribution in [0.25, 0.3) is 0 Å². The number of sulfonamides is 1. The molecular weight excluding hydrogens is 339 g/mol. The smallest absolute Gasteiger partial charge is 0.321 e. The van der Waals surface area contributed by atoms with Crippen LogP contribution in [0.1, 0.15) is 20.8 Å². The highest BCUT2D eigenvalue weighted by Gasteiger charge is 2.24. The van der Waals surface area contributed by atoms with Gasteiger partial charge in [0.15, 0.2) is 6.61 Å². The van der Waals surface area contributed by atoms with Gasteiger partial charge < -0.3 is 10.1 Å². The zero-order valence-electron chi connectivity index (χ0n) is 14.0. The fourth-order valence-electron chi connectivity index (χ4n) is 1.70. The molecule has 0 atom stereocenters. The number of halogens is 1. The van der Waals surface area contributed by atoms with Crippen molar-refractivity contribution in [3.8, 4) is 0 Å². The zero-order chi connectivity index (χ0) is 18.5. The molecule has 7 nitrogen and oxygen atoms in total. The Morgan fingerprint density at radius 2 is 1.75 bits per heavy atom. The van der Waals surface area contributed by atoms with Crippen molar-refractivity contribution < 1.29 is 27.1 Å². The molecule has 1 amide bonds. The van der Waals surface area contributed by atoms with E-state index < -0.39 is 46.4 Å². The molecule has 0 radical (unpaired) electrons. The molecule has 1 aromatic rings. The normalized spacial score (nSPS) is 12.1. The molecule has 0 heterocycles. The summed E-state index contributed by atoms with van der Waals surface area (Å²) in [6.45, 7) is 4.25. The van der Waals surface area contributed by atoms with E-state index in [0.717, 1.165) is 28.6 Å². The Morgan fingerprint density at radius 3 is 2.25 bits per heavy atom. The third kappa shape index (κ3) is 6.25. The molecular formula is C15H21FN2O5S. The molecule has 1 aromatic carbocycles. The topological polar surface area (TPSA) is 92.8 Å². The summed E-state index contributed by atoms with van der Waals surface area (Å²) in [5, 5.41) is 2.61. The molecule has 1 rings (SSSR count). The van der Waals surface area contributed by atoms with E-state index in [-0.39, 0.29) is 4.90 Å². The summed E-state index contributed by atoms with van der Waals surface area (Å²) in [5.74, 6) is -1.92. The number of hydrogen-bond donors (Lipinski definition) is 1. The van der Waals surface area contributed by atoms with Gasteiger partial charge >= 0.3 is 5.97 Å². The van der Waals surface area contributed by atoms with E-state index in [0.29, 0.717) is 0 Å². The number of carbonyl (C=O) groups excluding carboxylic acids is 2. The van der Waals surface area contributed by atoms with E-state index in [9.17, 15) is 22.4 Å². The third-order valence-electron chi connectivity index (χ3n) is 2.75. The summed E-state index contributed by atoms with van der Waals surface area (Å²) < 4.78 is 42.8. The number of benzene rings is 1. The molecule has 0 aromatic heterocycles. The van der Waals surface area contributed by atoms with Gasteiger partial charge in [0.25, 0.3) is 5.91 Å². The van der Waals surface area contributed by atoms with Crippen molar-refractivity contribution in [1.82, 2.24) is 9.62 Å². The minimum atomic E-state index is -3.95. The molecule has 0 saturated heterocycles. The first kappa shape index (κ1) is 20.0. The highest BCUT2D eigenvalue weighted by atomic mass is 32.2. The summed E-state index contributed by atoms with van der Waals surface area (Å²) >= 11 is 0. The molecule has 0 aliphatic rings. The molecule has 24 heavy (non-hydrogen) atoms. The fraction of sp³-hybridized carbons (Fsp3) is 0.467. The fourth-order valence-corrected chi connectivity index (χ4v) is 2.81. The number of ether oxygens (including phenoxy) is 1. The van der Waals surface area contributed by atoms with Crippen molar-refractivity contribution in [2.24, 2.45) is 0 Å². The van der Waals surface area contributed by atoms with Gasteiger partial charge in [-0.1, -0.05) is 0 Å². The average molecular weight is 360 g/mol. The van der Waals surface area contributed by atoms with E-state index in [2.05, 4.69) is 5.32 Å². The predicted molar refractivity (Wildman–Crippen MR) is 85.1 cm³/mol. The van der Waals surface area contributed by atoms with Crippen LogP contribution in [0.2, 0.25) is 0 Å². The quantitative estimate of drug-likeness (QED) is 0.761. The largest absolute Gasteiger partial charge is 0.455 e. The van der Waals surface area contributed by atoms with Crippen LogP contribution >= 0.6 is 0 Å². The molecule has 9 heteroatoms. The van der Waals surface area contributed by atoms with E-state index in [1.807, 2.05) is 0 Å². The number of hydrogen-bond acceptors (Lipinski definition) is 5. The van der Waals surface area contributed by atoms with Crippen LogP contribution in [-0.4, -0.2) is 50.3 Å². The second kappa shape index (κ2) is 7.71. The van der Waals surface area contributed by atoms with Gasteiger partial charge in [0.1, 0.15) is 12.4 Å². The number of carbonyl (C=O) groups is 2. The van der Waals surface area contributed by atoms with Crippen LogP contribution < -0.4 is 5.32 Å². The monoisotopic (exact) mass is 360 g/mol. The lowest BCUT2D eigenvalue weighted by atomic mass is 10.1. The van der Waals surface area contributed by atoms with Crippen molar-refractivity contribution in [2.75, 3.05) is 20.2 Å². The number of nitrogens with one attached hydrogen (secondary N) is 1. The molecule has 0 spiro atoms. The summed E-state index contributed by atoms with van der Waals surface area (Å²) in [6, 6.07) is 4.22. The van der Waals surface area contributed by atoms with Crippen LogP contribution in [0, 0.1) is 5.82 Å². The Morgan fingerprint density at radius 1 is 1.21 bits per heavy atom. The van der Waals surface area contributed by atoms with Gasteiger partial charge in [-0.3, -0.25) is 9.59 Å². The summed E-state index contributed by atoms with van der Waals surface area (Å²) in [5.41, 5.74) is -0.466. The second-order valence-corrected chi connectivity index (χ2v) is 8.22. The van der Waals surface area contributed by atoms with Crippen molar-refractivity contribution in [1.29, 1.82) is 0 Å². The second-order valence-electron chi connectivity index (χ2n) is 6.17. The lowest BCUT2D eigenvalue weighted by molar-refractivity contribution is -0.148. The number of likely N-dealkylation sites (N-methyl/N-ethyl adjacent to an activating group) is 1. The van der Waals surface area contributed by atoms with E-state index in [1.54, 1.807) is 20.8 Å². The van der Waals surface area contributed by atoms with E-state index in [4.69, 9.17) is 4.74 Å². The Kier molecular flexibility index (Phi) is 6.44. The van der Waals surface area contributed by atoms with Crippen molar-refractivity contribution in [3.05, 3.63) is 30.1 Å². The summed E-state index contributed by atoms with van der Waals surface area (Å²) in [4.78, 5) is 23.1. The molecule has 0 unspecified atom stereocenters. The first-order chi connectivity index (χ1) is 10.9. The summed E-state index contributed by atoms with van der Waals surface area (Å²) in [6.07, 6.45) is 0. The molecule has 0 fully saturated rings. The zero-order valence-corrected chi connectivity index (χ0v) is 14.8. The van der Waals surface area contributed by atoms with Crippen LogP contribution in [0.4, 0.5) is 4.39 Å². The van der Waals surface area contributed by atoms with Crippen LogP contribution in [-0.2, 0) is 24.3 Å². The minimum Gasteiger partial charge on any atom is -0.455 e. The lowest BCUT2D eigenvalue weighted by Crippen LogP contribution is -2.43. The predicted octanol–water partition coefficient (Wildman–Crippen LogP) is 0.904. The van der Waals surface area contributed by atoms with Gasteiger partial charge in [-0.15, -0.1) is 0 Å². The molecule has 1 N–H and O–H groups in total. The Balaban J connectivity index is 2.60. The van der Waals surface area contributed by atoms with Gasteiger partial charge in [0.2, 0.25) is 10.0 Å². The van der Waals surface area contributed by atoms with Gasteiger partial charge in [0.05, 0.1) is 4.90 Å². The lowest BCUT2D eigenvalue weighted by Gasteiger charge is -2.20. The first-order valence-corrected chi connectivity index (χ1v) is 8.54. The number of amides is 1. The van der Waals surface area contributed by atoms with Crippen LogP contribution in [0.3, 0.4) is 0 Å². The highest BCUT2D eigenvalue weighted by molar-refractivity contribution is 7.89. The molecule has 134 valence electrons. The van der Waals surface area contributed by atoms with Crippen molar-refractivity contribution in [3.63, 3.8) is 0 Å². The third-order valence-corrected chi connectivity index (χ3v) is 4.57. The Hall–Kier alpha value is -2.00. The first-order valence-electron chi connectivity index (χ1n) is 7.10. The van der Waals surface area contributed by atoms with Gasteiger partial charge in [-0.2, -0.15) is 4.31 Å². The SMILES string of the molecule is CN(CC(=O)OCC(=O)NC(C)(C)C)S(=O)(=O)c1ccc(F)cc1. The van der Waals surface area contributed by atoms with Crippen LogP contribution in [0.15, 0.2) is 29.2 Å². The maximum absolute atomic E-state index is 12.9. The van der Waals surface area contributed by atoms with E-state index >= 15 is 0 Å². The summed E-state index contributed by atoms with van der Waals surface area (Å²) in [7, 11) is -2.76.